The van der Waals surface area contributed by atoms with Crippen LogP contribution in [-0.2, 0) is 23.9 Å². The van der Waals surface area contributed by atoms with Crippen molar-refractivity contribution < 1.29 is 28.4 Å². The van der Waals surface area contributed by atoms with Crippen LogP contribution in [0.3, 0.4) is 0 Å². The molecule has 1 aromatic rings. The molecule has 3 fully saturated rings. The summed E-state index contributed by atoms with van der Waals surface area (Å²) in [6.45, 7) is 10.1. The molecule has 0 aliphatic carbocycles. The van der Waals surface area contributed by atoms with E-state index in [9.17, 15) is 14.4 Å². The Morgan fingerprint density at radius 2 is 2.03 bits per heavy atom. The molecule has 10 nitrogen and oxygen atoms in total. The number of hydrogen-bond acceptors (Lipinski definition) is 7. The minimum atomic E-state index is -1.23. The lowest BCUT2D eigenvalue weighted by Crippen LogP contribution is -2.58. The van der Waals surface area contributed by atoms with Crippen LogP contribution in [-0.4, -0.2) is 69.8 Å². The van der Waals surface area contributed by atoms with Crippen molar-refractivity contribution >= 4 is 23.5 Å². The smallest absolute Gasteiger partial charge is 0.246 e. The lowest BCUT2D eigenvalue weighted by atomic mass is 9.70. The second-order valence-corrected chi connectivity index (χ2v) is 11.0. The van der Waals surface area contributed by atoms with Gasteiger partial charge in [-0.05, 0) is 47.5 Å². The van der Waals surface area contributed by atoms with E-state index in [2.05, 4.69) is 15.8 Å². The summed E-state index contributed by atoms with van der Waals surface area (Å²) in [7, 11) is 0. The average molecular weight is 473 g/mol. The minimum absolute atomic E-state index is 0.147. The summed E-state index contributed by atoms with van der Waals surface area (Å²) in [4.78, 5) is 42.5. The zero-order valence-corrected chi connectivity index (χ0v) is 20.2. The first-order valence-corrected chi connectivity index (χ1v) is 11.8. The van der Waals surface area contributed by atoms with Crippen LogP contribution in [0.25, 0.3) is 0 Å². The Kier molecular flexibility index (Phi) is 5.18. The molecule has 34 heavy (non-hydrogen) atoms. The van der Waals surface area contributed by atoms with Crippen LogP contribution in [0, 0.1) is 18.8 Å². The van der Waals surface area contributed by atoms with Crippen LogP contribution >= 0.6 is 0 Å². The average Bonchev–Trinajstić information content (AvgIpc) is 3.50. The number of likely N-dealkylation sites (tertiary alicyclic amines) is 1. The minimum Gasteiger partial charge on any atom is -0.376 e. The van der Waals surface area contributed by atoms with Crippen LogP contribution in [0.4, 0.5) is 5.82 Å². The fraction of sp³-hybridized carbons (Fsp3) is 0.667. The highest BCUT2D eigenvalue weighted by Gasteiger charge is 2.76. The Bertz CT molecular complexity index is 1050. The van der Waals surface area contributed by atoms with Crippen LogP contribution in [0.5, 0.6) is 0 Å². The molecule has 1 aromatic heterocycles. The van der Waals surface area contributed by atoms with Crippen LogP contribution < -0.4 is 10.6 Å². The number of fused-ring (bicyclic) bond motifs is 1. The number of aromatic nitrogens is 1. The second kappa shape index (κ2) is 7.64. The van der Waals surface area contributed by atoms with Gasteiger partial charge in [0.25, 0.3) is 0 Å². The van der Waals surface area contributed by atoms with Crippen molar-refractivity contribution in [1.29, 1.82) is 0 Å². The number of nitrogens with zero attached hydrogens (tertiary/aromatic N) is 2. The zero-order valence-electron chi connectivity index (χ0n) is 20.2. The fourth-order valence-electron chi connectivity index (χ4n) is 5.90. The summed E-state index contributed by atoms with van der Waals surface area (Å²) in [5, 5.41) is 9.62. The van der Waals surface area contributed by atoms with Crippen LogP contribution in [0.2, 0.25) is 0 Å². The Morgan fingerprint density at radius 3 is 2.65 bits per heavy atom. The van der Waals surface area contributed by atoms with Gasteiger partial charge >= 0.3 is 0 Å². The number of hydrogen-bond donors (Lipinski definition) is 2. The molecule has 0 radical (unpaired) electrons. The molecule has 10 heteroatoms. The van der Waals surface area contributed by atoms with Gasteiger partial charge in [0.1, 0.15) is 17.4 Å². The summed E-state index contributed by atoms with van der Waals surface area (Å²) in [6, 6.07) is 0.707. The van der Waals surface area contributed by atoms with Gasteiger partial charge in [0.2, 0.25) is 17.7 Å². The zero-order chi connectivity index (χ0) is 24.5. The van der Waals surface area contributed by atoms with Gasteiger partial charge in [-0.25, -0.2) is 0 Å². The van der Waals surface area contributed by atoms with Gasteiger partial charge in [-0.1, -0.05) is 17.3 Å². The largest absolute Gasteiger partial charge is 0.376 e. The third kappa shape index (κ3) is 3.54. The number of aryl methyl sites for hydroxylation is 1. The lowest BCUT2D eigenvalue weighted by Gasteiger charge is -2.35. The third-order valence-corrected chi connectivity index (χ3v) is 7.13. The number of anilines is 1. The molecule has 3 saturated heterocycles. The monoisotopic (exact) mass is 472 g/mol. The first-order chi connectivity index (χ1) is 15.9. The molecule has 1 spiro atoms. The molecule has 3 amide bonds. The standard InChI is InChI=1S/C24H32N4O6/c1-13-11-15(27-33-13)25-19(29)16-17-21(31)28(12-14-7-6-10-32-14)18(20(30)26-22(2,3)4)24(17)9-8-23(16,5)34-24/h8-9,11,14,16-18H,6-7,10,12H2,1-5H3,(H,26,30)(H,25,27,29)/t14-,16+,17-,18+,23-,24-/m1/s1. The Labute approximate surface area is 198 Å². The van der Waals surface area contributed by atoms with Gasteiger partial charge in [0.15, 0.2) is 5.82 Å². The van der Waals surface area contributed by atoms with Crippen molar-refractivity contribution in [3.05, 3.63) is 24.0 Å². The Balaban J connectivity index is 1.51. The van der Waals surface area contributed by atoms with Crippen molar-refractivity contribution in [2.75, 3.05) is 18.5 Å². The molecule has 5 heterocycles. The molecule has 184 valence electrons. The summed E-state index contributed by atoms with van der Waals surface area (Å²) < 4.78 is 17.3. The van der Waals surface area contributed by atoms with E-state index in [4.69, 9.17) is 14.0 Å². The molecular weight excluding hydrogens is 440 g/mol. The van der Waals surface area contributed by atoms with Gasteiger partial charge < -0.3 is 29.5 Å². The Hall–Kier alpha value is -2.72. The van der Waals surface area contributed by atoms with E-state index in [1.54, 1.807) is 24.8 Å². The molecule has 5 rings (SSSR count). The normalized spacial score (nSPS) is 36.3. The highest BCUT2D eigenvalue weighted by atomic mass is 16.5. The first kappa shape index (κ1) is 23.0. The van der Waals surface area contributed by atoms with Gasteiger partial charge in [-0.2, -0.15) is 0 Å². The van der Waals surface area contributed by atoms with E-state index in [0.29, 0.717) is 12.4 Å². The molecule has 0 saturated carbocycles. The molecule has 2 bridgehead atoms. The van der Waals surface area contributed by atoms with E-state index in [1.807, 2.05) is 32.9 Å². The molecule has 4 aliphatic heterocycles. The lowest BCUT2D eigenvalue weighted by molar-refractivity contribution is -0.146. The van der Waals surface area contributed by atoms with Crippen LogP contribution in [0.1, 0.15) is 46.3 Å². The predicted molar refractivity (Wildman–Crippen MR) is 121 cm³/mol. The number of ether oxygens (including phenoxy) is 2. The second-order valence-electron chi connectivity index (χ2n) is 11.0. The third-order valence-electron chi connectivity index (χ3n) is 7.13. The van der Waals surface area contributed by atoms with Gasteiger partial charge in [0.05, 0.1) is 23.5 Å². The topological polar surface area (TPSA) is 123 Å². The summed E-state index contributed by atoms with van der Waals surface area (Å²) in [6.07, 6.45) is 5.20. The fourth-order valence-corrected chi connectivity index (χ4v) is 5.90. The van der Waals surface area contributed by atoms with Crippen molar-refractivity contribution in [3.8, 4) is 0 Å². The molecule has 6 atom stereocenters. The molecule has 2 N–H and O–H groups in total. The molecule has 0 aromatic carbocycles. The number of nitrogens with one attached hydrogen (secondary N) is 2. The Morgan fingerprint density at radius 1 is 1.26 bits per heavy atom. The van der Waals surface area contributed by atoms with Crippen molar-refractivity contribution in [3.63, 3.8) is 0 Å². The quantitative estimate of drug-likeness (QED) is 0.624. The van der Waals surface area contributed by atoms with Crippen molar-refractivity contribution in [1.82, 2.24) is 15.4 Å². The first-order valence-electron chi connectivity index (χ1n) is 11.8. The summed E-state index contributed by atoms with van der Waals surface area (Å²) in [5.74, 6) is -1.81. The van der Waals surface area contributed by atoms with E-state index in [0.717, 1.165) is 12.8 Å². The van der Waals surface area contributed by atoms with Crippen molar-refractivity contribution in [2.45, 2.75) is 76.3 Å². The number of carbonyl (C=O) groups is 3. The maximum absolute atomic E-state index is 13.9. The summed E-state index contributed by atoms with van der Waals surface area (Å²) >= 11 is 0. The van der Waals surface area contributed by atoms with Gasteiger partial charge in [0, 0.05) is 24.8 Å². The summed E-state index contributed by atoms with van der Waals surface area (Å²) in [5.41, 5.74) is -2.77. The van der Waals surface area contributed by atoms with E-state index >= 15 is 0 Å². The van der Waals surface area contributed by atoms with Gasteiger partial charge in [-0.15, -0.1) is 0 Å². The van der Waals surface area contributed by atoms with E-state index in [1.165, 1.54) is 0 Å². The number of amides is 3. The highest BCUT2D eigenvalue weighted by Crippen LogP contribution is 2.59. The number of rotatable bonds is 5. The highest BCUT2D eigenvalue weighted by molar-refractivity contribution is 6.03. The van der Waals surface area contributed by atoms with Gasteiger partial charge in [-0.3, -0.25) is 14.4 Å². The van der Waals surface area contributed by atoms with Crippen LogP contribution in [0.15, 0.2) is 22.7 Å². The van der Waals surface area contributed by atoms with E-state index < -0.39 is 40.5 Å². The molecular formula is C24H32N4O6. The molecule has 0 unspecified atom stereocenters. The predicted octanol–water partition coefficient (Wildman–Crippen LogP) is 1.56. The molecule has 4 aliphatic rings. The maximum atomic E-state index is 13.9. The number of carbonyl (C=O) groups excluding carboxylic acids is 3. The maximum Gasteiger partial charge on any atom is 0.246 e. The SMILES string of the molecule is Cc1cc(NC(=O)[C@@H]2[C@@H]3C(=O)N(C[C@H]4CCCO4)[C@@H](C(=O)NC(C)(C)C)[C@@]34C=C[C@@]2(C)O4)no1. The van der Waals surface area contributed by atoms with Crippen molar-refractivity contribution in [2.24, 2.45) is 11.8 Å². The van der Waals surface area contributed by atoms with E-state index in [-0.39, 0.29) is 30.3 Å².